The Morgan fingerprint density at radius 3 is 2.17 bits per heavy atom. The molecule has 2 aromatic heterocycles. The molecule has 0 atom stereocenters. The van der Waals surface area contributed by atoms with E-state index in [9.17, 15) is 4.79 Å². The van der Waals surface area contributed by atoms with Gasteiger partial charge in [-0.2, -0.15) is 0 Å². The molecule has 4 rings (SSSR count). The number of rotatable bonds is 8. The van der Waals surface area contributed by atoms with Gasteiger partial charge in [-0.3, -0.25) is 9.78 Å². The maximum absolute atomic E-state index is 12.6. The molecule has 1 N–H and O–H groups in total. The normalized spacial score (nSPS) is 10.8. The summed E-state index contributed by atoms with van der Waals surface area (Å²) < 4.78 is 5.64. The van der Waals surface area contributed by atoms with Gasteiger partial charge in [0.25, 0.3) is 5.89 Å². The molecule has 0 aliphatic rings. The molecule has 0 radical (unpaired) electrons. The van der Waals surface area contributed by atoms with Crippen LogP contribution < -0.4 is 5.32 Å². The number of nitrogens with zero attached hydrogens (tertiary/aromatic N) is 3. The van der Waals surface area contributed by atoms with Crippen molar-refractivity contribution in [3.8, 4) is 11.6 Å². The summed E-state index contributed by atoms with van der Waals surface area (Å²) in [4.78, 5) is 16.8. The van der Waals surface area contributed by atoms with Gasteiger partial charge in [-0.05, 0) is 23.3 Å². The SMILES string of the molecule is O=C(CC(c1ccccc1)c1ccccc1)NCCc1nnc(-c2ccccn2)o1. The Bertz CT molecular complexity index is 1030. The topological polar surface area (TPSA) is 80.9 Å². The molecule has 0 aliphatic heterocycles. The zero-order valence-electron chi connectivity index (χ0n) is 16.4. The van der Waals surface area contributed by atoms with Crippen LogP contribution >= 0.6 is 0 Å². The second-order valence-electron chi connectivity index (χ2n) is 6.89. The van der Waals surface area contributed by atoms with E-state index in [0.717, 1.165) is 11.1 Å². The highest BCUT2D eigenvalue weighted by atomic mass is 16.4. The minimum absolute atomic E-state index is 0.00608. The monoisotopic (exact) mass is 398 g/mol. The maximum Gasteiger partial charge on any atom is 0.266 e. The Morgan fingerprint density at radius 2 is 1.53 bits per heavy atom. The fourth-order valence-corrected chi connectivity index (χ4v) is 3.31. The minimum atomic E-state index is -0.0165. The number of amides is 1. The van der Waals surface area contributed by atoms with E-state index in [2.05, 4.69) is 44.8 Å². The van der Waals surface area contributed by atoms with Crippen molar-refractivity contribution in [3.05, 3.63) is 102 Å². The molecule has 0 saturated heterocycles. The van der Waals surface area contributed by atoms with Crippen molar-refractivity contribution in [2.75, 3.05) is 6.54 Å². The molecule has 30 heavy (non-hydrogen) atoms. The van der Waals surface area contributed by atoms with Gasteiger partial charge in [0.1, 0.15) is 5.69 Å². The summed E-state index contributed by atoms with van der Waals surface area (Å²) in [6.07, 6.45) is 2.51. The third-order valence-corrected chi connectivity index (χ3v) is 4.81. The molecule has 2 aromatic carbocycles. The fourth-order valence-electron chi connectivity index (χ4n) is 3.31. The first-order valence-corrected chi connectivity index (χ1v) is 9.90. The van der Waals surface area contributed by atoms with Gasteiger partial charge in [-0.1, -0.05) is 66.7 Å². The average molecular weight is 398 g/mol. The molecule has 2 heterocycles. The third kappa shape index (κ3) is 4.97. The van der Waals surface area contributed by atoms with E-state index in [0.29, 0.717) is 36.9 Å². The molecular formula is C24H22N4O2. The standard InChI is InChI=1S/C24H22N4O2/c29-22(17-20(18-9-3-1-4-10-18)19-11-5-2-6-12-19)26-16-14-23-27-28-24(30-23)21-13-7-8-15-25-21/h1-13,15,20H,14,16-17H2,(H,26,29). The number of pyridine rings is 1. The smallest absolute Gasteiger partial charge is 0.266 e. The summed E-state index contributed by atoms with van der Waals surface area (Å²) in [6.45, 7) is 0.430. The molecule has 0 spiro atoms. The van der Waals surface area contributed by atoms with Crippen LogP contribution in [0.4, 0.5) is 0 Å². The molecule has 150 valence electrons. The highest BCUT2D eigenvalue weighted by Crippen LogP contribution is 2.27. The number of hydrogen-bond donors (Lipinski definition) is 1. The molecule has 0 aliphatic carbocycles. The summed E-state index contributed by atoms with van der Waals surface area (Å²) in [5.41, 5.74) is 2.88. The summed E-state index contributed by atoms with van der Waals surface area (Å²) >= 11 is 0. The Labute approximate surface area is 175 Å². The van der Waals surface area contributed by atoms with E-state index in [1.807, 2.05) is 54.6 Å². The van der Waals surface area contributed by atoms with Gasteiger partial charge in [0.05, 0.1) is 0 Å². The summed E-state index contributed by atoms with van der Waals surface area (Å²) in [5, 5.41) is 11.0. The second-order valence-corrected chi connectivity index (χ2v) is 6.89. The van der Waals surface area contributed by atoms with Gasteiger partial charge < -0.3 is 9.73 Å². The van der Waals surface area contributed by atoms with Gasteiger partial charge in [0.2, 0.25) is 11.8 Å². The molecule has 4 aromatic rings. The van der Waals surface area contributed by atoms with Crippen molar-refractivity contribution >= 4 is 5.91 Å². The largest absolute Gasteiger partial charge is 0.419 e. The molecular weight excluding hydrogens is 376 g/mol. The number of nitrogens with one attached hydrogen (secondary N) is 1. The first kappa shape index (κ1) is 19.5. The number of carbonyl (C=O) groups is 1. The predicted molar refractivity (Wildman–Crippen MR) is 114 cm³/mol. The van der Waals surface area contributed by atoms with Crippen molar-refractivity contribution in [1.82, 2.24) is 20.5 Å². The van der Waals surface area contributed by atoms with Crippen LogP contribution in [0, 0.1) is 0 Å². The molecule has 0 unspecified atom stereocenters. The van der Waals surface area contributed by atoms with Crippen molar-refractivity contribution < 1.29 is 9.21 Å². The van der Waals surface area contributed by atoms with Crippen molar-refractivity contribution in [3.63, 3.8) is 0 Å². The van der Waals surface area contributed by atoms with E-state index < -0.39 is 0 Å². The zero-order valence-corrected chi connectivity index (χ0v) is 16.4. The van der Waals surface area contributed by atoms with Gasteiger partial charge >= 0.3 is 0 Å². The lowest BCUT2D eigenvalue weighted by molar-refractivity contribution is -0.121. The molecule has 0 bridgehead atoms. The zero-order chi connectivity index (χ0) is 20.6. The predicted octanol–water partition coefficient (Wildman–Crippen LogP) is 4.01. The third-order valence-electron chi connectivity index (χ3n) is 4.81. The Balaban J connectivity index is 1.35. The van der Waals surface area contributed by atoms with Crippen molar-refractivity contribution in [2.45, 2.75) is 18.8 Å². The summed E-state index contributed by atoms with van der Waals surface area (Å²) in [7, 11) is 0. The van der Waals surface area contributed by atoms with Crippen LogP contribution in [-0.4, -0.2) is 27.6 Å². The second kappa shape index (κ2) is 9.60. The highest BCUT2D eigenvalue weighted by Gasteiger charge is 2.18. The number of carbonyl (C=O) groups excluding carboxylic acids is 1. The van der Waals surface area contributed by atoms with Crippen LogP contribution in [0.2, 0.25) is 0 Å². The molecule has 1 amide bonds. The lowest BCUT2D eigenvalue weighted by Crippen LogP contribution is -2.27. The van der Waals surface area contributed by atoms with Crippen LogP contribution in [0.15, 0.2) is 89.5 Å². The van der Waals surface area contributed by atoms with Gasteiger partial charge in [-0.15, -0.1) is 10.2 Å². The number of aromatic nitrogens is 3. The Hall–Kier alpha value is -3.80. The van der Waals surface area contributed by atoms with E-state index in [-0.39, 0.29) is 11.8 Å². The van der Waals surface area contributed by atoms with Crippen molar-refractivity contribution in [2.24, 2.45) is 0 Å². The maximum atomic E-state index is 12.6. The fraction of sp³-hybridized carbons (Fsp3) is 0.167. The van der Waals surface area contributed by atoms with E-state index in [4.69, 9.17) is 4.42 Å². The molecule has 0 fully saturated rings. The van der Waals surface area contributed by atoms with E-state index in [1.54, 1.807) is 6.20 Å². The average Bonchev–Trinajstić information content (AvgIpc) is 3.28. The van der Waals surface area contributed by atoms with Crippen LogP contribution in [0.1, 0.15) is 29.4 Å². The Morgan fingerprint density at radius 1 is 0.867 bits per heavy atom. The first-order valence-electron chi connectivity index (χ1n) is 9.90. The van der Waals surface area contributed by atoms with Gasteiger partial charge in [0, 0.05) is 31.5 Å². The van der Waals surface area contributed by atoms with Gasteiger partial charge in [-0.25, -0.2) is 0 Å². The molecule has 0 saturated carbocycles. The van der Waals surface area contributed by atoms with Gasteiger partial charge in [0.15, 0.2) is 0 Å². The number of hydrogen-bond acceptors (Lipinski definition) is 5. The van der Waals surface area contributed by atoms with Crippen LogP contribution in [-0.2, 0) is 11.2 Å². The number of benzene rings is 2. The summed E-state index contributed by atoms with van der Waals surface area (Å²) in [6, 6.07) is 25.7. The van der Waals surface area contributed by atoms with Crippen LogP contribution in [0.5, 0.6) is 0 Å². The molecule has 6 nitrogen and oxygen atoms in total. The van der Waals surface area contributed by atoms with E-state index in [1.165, 1.54) is 0 Å². The quantitative estimate of drug-likeness (QED) is 0.485. The van der Waals surface area contributed by atoms with Crippen LogP contribution in [0.3, 0.4) is 0 Å². The Kier molecular flexibility index (Phi) is 6.25. The van der Waals surface area contributed by atoms with E-state index >= 15 is 0 Å². The minimum Gasteiger partial charge on any atom is -0.419 e. The first-order chi connectivity index (χ1) is 14.8. The lowest BCUT2D eigenvalue weighted by atomic mass is 9.88. The molecule has 6 heteroatoms. The summed E-state index contributed by atoms with van der Waals surface area (Å²) in [5.74, 6) is 0.840. The van der Waals surface area contributed by atoms with Crippen molar-refractivity contribution in [1.29, 1.82) is 0 Å². The highest BCUT2D eigenvalue weighted by molar-refractivity contribution is 5.77. The lowest BCUT2D eigenvalue weighted by Gasteiger charge is -2.17. The van der Waals surface area contributed by atoms with Crippen LogP contribution in [0.25, 0.3) is 11.6 Å².